The number of nitrogens with zero attached hydrogens (tertiary/aromatic N) is 2. The second-order valence-electron chi connectivity index (χ2n) is 4.45. The van der Waals surface area contributed by atoms with Gasteiger partial charge < -0.3 is 4.74 Å². The predicted molar refractivity (Wildman–Crippen MR) is 61.5 cm³/mol. The van der Waals surface area contributed by atoms with Crippen molar-refractivity contribution >= 4 is 20.0 Å². The van der Waals surface area contributed by atoms with Crippen molar-refractivity contribution in [1.29, 1.82) is 0 Å². The normalized spacial score (nSPS) is 33.8. The lowest BCUT2D eigenvalue weighted by molar-refractivity contribution is -0.0156. The van der Waals surface area contributed by atoms with Gasteiger partial charge in [-0.25, -0.2) is 8.42 Å². The Hall–Kier alpha value is -0.220. The van der Waals surface area contributed by atoms with Gasteiger partial charge in [-0.15, -0.1) is 0 Å². The highest BCUT2D eigenvalue weighted by molar-refractivity contribution is 7.92. The van der Waals surface area contributed by atoms with Crippen LogP contribution in [0.25, 0.3) is 0 Å². The van der Waals surface area contributed by atoms with Crippen molar-refractivity contribution in [3.8, 4) is 0 Å². The molecule has 100 valence electrons. The molecule has 2 unspecified atom stereocenters. The van der Waals surface area contributed by atoms with E-state index >= 15 is 0 Å². The van der Waals surface area contributed by atoms with Gasteiger partial charge in [0.1, 0.15) is 0 Å². The Labute approximate surface area is 101 Å². The Morgan fingerprint density at radius 2 is 1.94 bits per heavy atom. The molecular formula is C8H16N2O5S2. The van der Waals surface area contributed by atoms with Gasteiger partial charge in [-0.1, -0.05) is 0 Å². The maximum absolute atomic E-state index is 12.0. The summed E-state index contributed by atoms with van der Waals surface area (Å²) in [6.45, 7) is 0.445. The minimum Gasteiger partial charge on any atom is -0.374 e. The minimum absolute atomic E-state index is 0.0862. The zero-order valence-electron chi connectivity index (χ0n) is 9.74. The molecule has 0 aromatic rings. The summed E-state index contributed by atoms with van der Waals surface area (Å²) in [6.07, 6.45) is -0.525. The number of ether oxygens (including phenoxy) is 1. The van der Waals surface area contributed by atoms with Gasteiger partial charge in [0.05, 0.1) is 30.3 Å². The number of morpholine rings is 1. The highest BCUT2D eigenvalue weighted by Gasteiger charge is 2.48. The van der Waals surface area contributed by atoms with Crippen LogP contribution in [-0.4, -0.2) is 76.3 Å². The summed E-state index contributed by atoms with van der Waals surface area (Å²) in [6, 6.07) is -0.582. The molecule has 7 nitrogen and oxygen atoms in total. The molecule has 0 aliphatic carbocycles. The molecule has 2 saturated heterocycles. The van der Waals surface area contributed by atoms with Crippen LogP contribution in [0.15, 0.2) is 0 Å². The quantitative estimate of drug-likeness (QED) is 0.603. The van der Waals surface area contributed by atoms with E-state index in [9.17, 15) is 16.8 Å². The van der Waals surface area contributed by atoms with Gasteiger partial charge in [0.25, 0.3) is 10.2 Å². The van der Waals surface area contributed by atoms with E-state index in [1.165, 1.54) is 18.4 Å². The van der Waals surface area contributed by atoms with Crippen molar-refractivity contribution in [3.05, 3.63) is 0 Å². The second kappa shape index (κ2) is 4.16. The third kappa shape index (κ3) is 2.34. The van der Waals surface area contributed by atoms with Gasteiger partial charge in [0, 0.05) is 20.6 Å². The van der Waals surface area contributed by atoms with Crippen LogP contribution in [0.1, 0.15) is 0 Å². The second-order valence-corrected chi connectivity index (χ2v) is 8.70. The average molecular weight is 284 g/mol. The van der Waals surface area contributed by atoms with E-state index in [4.69, 9.17) is 4.74 Å². The predicted octanol–water partition coefficient (Wildman–Crippen LogP) is -1.71. The first-order valence-corrected chi connectivity index (χ1v) is 8.47. The monoisotopic (exact) mass is 284 g/mol. The Bertz CT molecular complexity index is 498. The molecule has 0 spiro atoms. The van der Waals surface area contributed by atoms with E-state index in [1.54, 1.807) is 0 Å². The third-order valence-electron chi connectivity index (χ3n) is 3.04. The zero-order chi connectivity index (χ0) is 12.8. The molecule has 2 aliphatic rings. The highest BCUT2D eigenvalue weighted by Crippen LogP contribution is 2.27. The summed E-state index contributed by atoms with van der Waals surface area (Å²) >= 11 is 0. The molecule has 2 fully saturated rings. The van der Waals surface area contributed by atoms with Gasteiger partial charge in [-0.3, -0.25) is 0 Å². The molecule has 0 amide bonds. The fourth-order valence-electron chi connectivity index (χ4n) is 2.18. The SMILES string of the molecule is CN(C)S(=O)(=O)N1CCOC2CS(=O)(=O)CC21. The van der Waals surface area contributed by atoms with Gasteiger partial charge in [0.15, 0.2) is 9.84 Å². The van der Waals surface area contributed by atoms with Crippen LogP contribution < -0.4 is 0 Å². The largest absolute Gasteiger partial charge is 0.374 e. The molecular weight excluding hydrogens is 268 g/mol. The van der Waals surface area contributed by atoms with Crippen LogP contribution in [-0.2, 0) is 24.8 Å². The summed E-state index contributed by atoms with van der Waals surface area (Å²) in [7, 11) is -3.91. The topological polar surface area (TPSA) is 84.0 Å². The summed E-state index contributed by atoms with van der Waals surface area (Å²) in [5.74, 6) is -0.234. The number of hydrogen-bond donors (Lipinski definition) is 0. The number of rotatable bonds is 2. The van der Waals surface area contributed by atoms with Crippen LogP contribution in [0.2, 0.25) is 0 Å². The van der Waals surface area contributed by atoms with Crippen molar-refractivity contribution < 1.29 is 21.6 Å². The molecule has 9 heteroatoms. The van der Waals surface area contributed by atoms with Crippen LogP contribution >= 0.6 is 0 Å². The fraction of sp³-hybridized carbons (Fsp3) is 1.00. The van der Waals surface area contributed by atoms with Crippen LogP contribution in [0, 0.1) is 0 Å². The Morgan fingerprint density at radius 1 is 1.29 bits per heavy atom. The van der Waals surface area contributed by atoms with E-state index in [0.29, 0.717) is 0 Å². The first-order valence-electron chi connectivity index (χ1n) is 5.25. The third-order valence-corrected chi connectivity index (χ3v) is 6.70. The van der Waals surface area contributed by atoms with Crippen LogP contribution in [0.3, 0.4) is 0 Å². The smallest absolute Gasteiger partial charge is 0.281 e. The molecule has 2 rings (SSSR count). The Kier molecular flexibility index (Phi) is 3.24. The maximum Gasteiger partial charge on any atom is 0.281 e. The highest BCUT2D eigenvalue weighted by atomic mass is 32.2. The summed E-state index contributed by atoms with van der Waals surface area (Å²) in [5.41, 5.74) is 0. The first kappa shape index (κ1) is 13.2. The molecule has 0 radical (unpaired) electrons. The number of sulfone groups is 1. The molecule has 0 N–H and O–H groups in total. The Morgan fingerprint density at radius 3 is 2.53 bits per heavy atom. The molecule has 0 saturated carbocycles. The van der Waals surface area contributed by atoms with Gasteiger partial charge in [0.2, 0.25) is 0 Å². The van der Waals surface area contributed by atoms with E-state index < -0.39 is 32.2 Å². The molecule has 0 aromatic carbocycles. The molecule has 2 atom stereocenters. The maximum atomic E-state index is 12.0. The minimum atomic E-state index is -3.58. The zero-order valence-corrected chi connectivity index (χ0v) is 11.4. The van der Waals surface area contributed by atoms with Crippen molar-refractivity contribution in [3.63, 3.8) is 0 Å². The summed E-state index contributed by atoms with van der Waals surface area (Å²) in [4.78, 5) is 0. The molecule has 2 heterocycles. The Balaban J connectivity index is 2.31. The van der Waals surface area contributed by atoms with Gasteiger partial charge >= 0.3 is 0 Å². The van der Waals surface area contributed by atoms with Crippen LogP contribution in [0.5, 0.6) is 0 Å². The van der Waals surface area contributed by atoms with Crippen LogP contribution in [0.4, 0.5) is 0 Å². The van der Waals surface area contributed by atoms with Gasteiger partial charge in [-0.05, 0) is 0 Å². The molecule has 0 bridgehead atoms. The summed E-state index contributed by atoms with van der Waals surface area (Å²) in [5, 5.41) is 0. The fourth-order valence-corrected chi connectivity index (χ4v) is 5.42. The van der Waals surface area contributed by atoms with E-state index in [-0.39, 0.29) is 24.7 Å². The van der Waals surface area contributed by atoms with E-state index in [1.807, 2.05) is 0 Å². The van der Waals surface area contributed by atoms with Gasteiger partial charge in [-0.2, -0.15) is 17.0 Å². The van der Waals surface area contributed by atoms with Crippen molar-refractivity contribution in [2.75, 3.05) is 38.8 Å². The molecule has 17 heavy (non-hydrogen) atoms. The lowest BCUT2D eigenvalue weighted by atomic mass is 10.2. The lowest BCUT2D eigenvalue weighted by Gasteiger charge is -2.36. The van der Waals surface area contributed by atoms with E-state index in [2.05, 4.69) is 0 Å². The summed E-state index contributed by atoms with van der Waals surface area (Å²) < 4.78 is 54.8. The number of hydrogen-bond acceptors (Lipinski definition) is 5. The van der Waals surface area contributed by atoms with Crippen molar-refractivity contribution in [2.45, 2.75) is 12.1 Å². The van der Waals surface area contributed by atoms with Crippen molar-refractivity contribution in [1.82, 2.24) is 8.61 Å². The lowest BCUT2D eigenvalue weighted by Crippen LogP contribution is -2.55. The molecule has 0 aromatic heterocycles. The van der Waals surface area contributed by atoms with E-state index in [0.717, 1.165) is 4.31 Å². The average Bonchev–Trinajstić information content (AvgIpc) is 2.50. The number of fused-ring (bicyclic) bond motifs is 1. The molecule has 2 aliphatic heterocycles. The first-order chi connectivity index (χ1) is 7.74. The van der Waals surface area contributed by atoms with Crippen molar-refractivity contribution in [2.24, 2.45) is 0 Å². The standard InChI is InChI=1S/C8H16N2O5S2/c1-9(2)17(13,14)10-3-4-15-8-6-16(11,12)5-7(8)10/h7-8H,3-6H2,1-2H3.